The van der Waals surface area contributed by atoms with Crippen molar-refractivity contribution >= 4 is 5.97 Å². The van der Waals surface area contributed by atoms with Gasteiger partial charge >= 0.3 is 12.1 Å². The smallest absolute Gasteiger partial charge is 0.416 e. The molecule has 0 aromatic heterocycles. The highest BCUT2D eigenvalue weighted by molar-refractivity contribution is 5.69. The summed E-state index contributed by atoms with van der Waals surface area (Å²) < 4.78 is 42.7. The van der Waals surface area contributed by atoms with Gasteiger partial charge in [-0.2, -0.15) is 13.2 Å². The Morgan fingerprint density at radius 3 is 2.56 bits per heavy atom. The first-order valence-electron chi connectivity index (χ1n) is 5.76. The standard InChI is InChI=1S/C13H15F3O2/c1-2-18-12(17)9-5-7-10-6-3-4-8-11(10)13(14,15)16/h3-4,6,8H,2,5,7,9H2,1H3. The van der Waals surface area contributed by atoms with Gasteiger partial charge in [0.25, 0.3) is 0 Å². The maximum absolute atomic E-state index is 12.7. The minimum absolute atomic E-state index is 0.139. The lowest BCUT2D eigenvalue weighted by molar-refractivity contribution is -0.143. The maximum Gasteiger partial charge on any atom is 0.416 e. The van der Waals surface area contributed by atoms with Crippen LogP contribution in [0.15, 0.2) is 24.3 Å². The lowest BCUT2D eigenvalue weighted by Crippen LogP contribution is -2.10. The molecule has 0 unspecified atom stereocenters. The predicted octanol–water partition coefficient (Wildman–Crippen LogP) is 3.59. The van der Waals surface area contributed by atoms with Gasteiger partial charge in [0.2, 0.25) is 0 Å². The summed E-state index contributed by atoms with van der Waals surface area (Å²) in [4.78, 5) is 11.1. The van der Waals surface area contributed by atoms with Gasteiger partial charge in [-0.15, -0.1) is 0 Å². The number of benzene rings is 1. The third-order valence-corrected chi connectivity index (χ3v) is 2.46. The molecule has 0 fully saturated rings. The lowest BCUT2D eigenvalue weighted by Gasteiger charge is -2.12. The van der Waals surface area contributed by atoms with Crippen LogP contribution in [0.5, 0.6) is 0 Å². The third-order valence-electron chi connectivity index (χ3n) is 2.46. The van der Waals surface area contributed by atoms with Crippen LogP contribution >= 0.6 is 0 Å². The van der Waals surface area contributed by atoms with Gasteiger partial charge in [0.15, 0.2) is 0 Å². The summed E-state index contributed by atoms with van der Waals surface area (Å²) >= 11 is 0. The summed E-state index contributed by atoms with van der Waals surface area (Å²) in [5, 5.41) is 0. The molecule has 0 heterocycles. The van der Waals surface area contributed by atoms with E-state index in [9.17, 15) is 18.0 Å². The van der Waals surface area contributed by atoms with Crippen LogP contribution in [-0.4, -0.2) is 12.6 Å². The number of aryl methyl sites for hydroxylation is 1. The molecule has 0 aliphatic heterocycles. The fraction of sp³-hybridized carbons (Fsp3) is 0.462. The van der Waals surface area contributed by atoms with E-state index in [1.54, 1.807) is 13.0 Å². The highest BCUT2D eigenvalue weighted by atomic mass is 19.4. The molecule has 0 atom stereocenters. The van der Waals surface area contributed by atoms with Gasteiger partial charge in [0, 0.05) is 6.42 Å². The molecule has 18 heavy (non-hydrogen) atoms. The monoisotopic (exact) mass is 260 g/mol. The summed E-state index contributed by atoms with van der Waals surface area (Å²) in [7, 11) is 0. The van der Waals surface area contributed by atoms with Crippen LogP contribution < -0.4 is 0 Å². The van der Waals surface area contributed by atoms with Crippen LogP contribution in [0.3, 0.4) is 0 Å². The maximum atomic E-state index is 12.7. The lowest BCUT2D eigenvalue weighted by atomic mass is 10.0. The zero-order valence-corrected chi connectivity index (χ0v) is 10.1. The highest BCUT2D eigenvalue weighted by Crippen LogP contribution is 2.32. The van der Waals surface area contributed by atoms with E-state index in [0.29, 0.717) is 6.42 Å². The highest BCUT2D eigenvalue weighted by Gasteiger charge is 2.32. The van der Waals surface area contributed by atoms with Crippen molar-refractivity contribution in [3.63, 3.8) is 0 Å². The van der Waals surface area contributed by atoms with Crippen LogP contribution in [0, 0.1) is 0 Å². The number of carbonyl (C=O) groups excluding carboxylic acids is 1. The Kier molecular flexibility index (Phi) is 5.19. The second kappa shape index (κ2) is 6.42. The topological polar surface area (TPSA) is 26.3 Å². The Morgan fingerprint density at radius 1 is 1.28 bits per heavy atom. The number of hydrogen-bond acceptors (Lipinski definition) is 2. The molecule has 0 saturated carbocycles. The second-order valence-corrected chi connectivity index (χ2v) is 3.81. The molecule has 0 spiro atoms. The van der Waals surface area contributed by atoms with Crippen molar-refractivity contribution in [2.45, 2.75) is 32.4 Å². The summed E-state index contributed by atoms with van der Waals surface area (Å²) in [6.07, 6.45) is -3.64. The molecule has 0 aliphatic rings. The van der Waals surface area contributed by atoms with E-state index in [1.165, 1.54) is 12.1 Å². The second-order valence-electron chi connectivity index (χ2n) is 3.81. The number of carbonyl (C=O) groups is 1. The molecular weight excluding hydrogens is 245 g/mol. The van der Waals surface area contributed by atoms with E-state index in [-0.39, 0.29) is 31.0 Å². The van der Waals surface area contributed by atoms with E-state index >= 15 is 0 Å². The fourth-order valence-electron chi connectivity index (χ4n) is 1.67. The van der Waals surface area contributed by atoms with E-state index < -0.39 is 11.7 Å². The zero-order valence-electron chi connectivity index (χ0n) is 10.1. The molecule has 0 N–H and O–H groups in total. The number of esters is 1. The summed E-state index contributed by atoms with van der Waals surface area (Å²) in [6, 6.07) is 5.42. The molecule has 1 rings (SSSR count). The first kappa shape index (κ1) is 14.5. The molecule has 100 valence electrons. The zero-order chi connectivity index (χ0) is 13.6. The van der Waals surface area contributed by atoms with Crippen molar-refractivity contribution in [2.24, 2.45) is 0 Å². The molecule has 0 radical (unpaired) electrons. The van der Waals surface area contributed by atoms with Crippen molar-refractivity contribution in [1.29, 1.82) is 0 Å². The number of halogens is 3. The Morgan fingerprint density at radius 2 is 1.94 bits per heavy atom. The quantitative estimate of drug-likeness (QED) is 0.756. The first-order chi connectivity index (χ1) is 8.45. The van der Waals surface area contributed by atoms with Crippen molar-refractivity contribution in [1.82, 2.24) is 0 Å². The molecule has 0 aliphatic carbocycles. The van der Waals surface area contributed by atoms with Crippen LogP contribution in [0.4, 0.5) is 13.2 Å². The van der Waals surface area contributed by atoms with Gasteiger partial charge in [0.05, 0.1) is 12.2 Å². The molecule has 1 aromatic rings. The van der Waals surface area contributed by atoms with Crippen molar-refractivity contribution < 1.29 is 22.7 Å². The SMILES string of the molecule is CCOC(=O)CCCc1ccccc1C(F)(F)F. The van der Waals surface area contributed by atoms with Gasteiger partial charge in [0.1, 0.15) is 0 Å². The molecule has 0 amide bonds. The van der Waals surface area contributed by atoms with Gasteiger partial charge < -0.3 is 4.74 Å². The number of alkyl halides is 3. The predicted molar refractivity (Wildman–Crippen MR) is 61.0 cm³/mol. The number of ether oxygens (including phenoxy) is 1. The van der Waals surface area contributed by atoms with Crippen LogP contribution in [0.25, 0.3) is 0 Å². The van der Waals surface area contributed by atoms with Crippen molar-refractivity contribution in [2.75, 3.05) is 6.61 Å². The van der Waals surface area contributed by atoms with Crippen LogP contribution in [0.2, 0.25) is 0 Å². The fourth-order valence-corrected chi connectivity index (χ4v) is 1.67. The summed E-state index contributed by atoms with van der Waals surface area (Å²) in [5.74, 6) is -0.373. The van der Waals surface area contributed by atoms with Gasteiger partial charge in [-0.05, 0) is 31.4 Å². The molecular formula is C13H15F3O2. The first-order valence-corrected chi connectivity index (χ1v) is 5.76. The summed E-state index contributed by atoms with van der Waals surface area (Å²) in [6.45, 7) is 1.98. The number of rotatable bonds is 5. The largest absolute Gasteiger partial charge is 0.466 e. The van der Waals surface area contributed by atoms with Crippen LogP contribution in [-0.2, 0) is 22.1 Å². The Hall–Kier alpha value is -1.52. The van der Waals surface area contributed by atoms with E-state index in [1.807, 2.05) is 0 Å². The molecule has 0 saturated heterocycles. The van der Waals surface area contributed by atoms with E-state index in [0.717, 1.165) is 6.07 Å². The molecule has 0 bridgehead atoms. The van der Waals surface area contributed by atoms with Crippen molar-refractivity contribution in [3.05, 3.63) is 35.4 Å². The normalized spacial score (nSPS) is 11.3. The van der Waals surface area contributed by atoms with Gasteiger partial charge in [-0.1, -0.05) is 18.2 Å². The number of hydrogen-bond donors (Lipinski definition) is 0. The van der Waals surface area contributed by atoms with E-state index in [2.05, 4.69) is 0 Å². The third kappa shape index (κ3) is 4.39. The average molecular weight is 260 g/mol. The van der Waals surface area contributed by atoms with Crippen LogP contribution in [0.1, 0.15) is 30.9 Å². The average Bonchev–Trinajstić information content (AvgIpc) is 2.28. The Labute approximate surface area is 104 Å². The van der Waals surface area contributed by atoms with Crippen molar-refractivity contribution in [3.8, 4) is 0 Å². The van der Waals surface area contributed by atoms with Gasteiger partial charge in [-0.25, -0.2) is 0 Å². The molecule has 5 heteroatoms. The summed E-state index contributed by atoms with van der Waals surface area (Å²) in [5.41, 5.74) is -0.414. The molecule has 2 nitrogen and oxygen atoms in total. The Balaban J connectivity index is 2.60. The minimum atomic E-state index is -4.35. The molecule has 1 aromatic carbocycles. The minimum Gasteiger partial charge on any atom is -0.466 e. The van der Waals surface area contributed by atoms with Gasteiger partial charge in [-0.3, -0.25) is 4.79 Å². The van der Waals surface area contributed by atoms with E-state index in [4.69, 9.17) is 4.74 Å². The Bertz CT molecular complexity index is 399.